The average Bonchev–Trinajstić information content (AvgIpc) is 2.55. The third-order valence-corrected chi connectivity index (χ3v) is 3.42. The number of benzene rings is 1. The van der Waals surface area contributed by atoms with Gasteiger partial charge in [0.25, 0.3) is 5.91 Å². The molecule has 1 aromatic carbocycles. The van der Waals surface area contributed by atoms with Crippen LogP contribution in [0, 0.1) is 0 Å². The number of rotatable bonds is 8. The minimum atomic E-state index is -4.48. The number of halogens is 3. The van der Waals surface area contributed by atoms with Gasteiger partial charge in [-0.3, -0.25) is 9.59 Å². The molecule has 1 atom stereocenters. The molecule has 1 unspecified atom stereocenters. The van der Waals surface area contributed by atoms with Crippen molar-refractivity contribution in [2.75, 3.05) is 19.7 Å². The number of hydrogen-bond acceptors (Lipinski definition) is 4. The van der Waals surface area contributed by atoms with Crippen LogP contribution in [0.4, 0.5) is 13.2 Å². The van der Waals surface area contributed by atoms with Crippen LogP contribution in [0.3, 0.4) is 0 Å². The Bertz CT molecular complexity index is 646. The van der Waals surface area contributed by atoms with Gasteiger partial charge in [0.2, 0.25) is 5.91 Å². The van der Waals surface area contributed by atoms with Gasteiger partial charge in [0, 0.05) is 20.0 Å². The lowest BCUT2D eigenvalue weighted by Gasteiger charge is -2.26. The Labute approximate surface area is 147 Å². The number of carbonyl (C=O) groups excluding carboxylic acids is 2. The Morgan fingerprint density at radius 2 is 1.81 bits per heavy atom. The van der Waals surface area contributed by atoms with Crippen molar-refractivity contribution in [2.45, 2.75) is 26.1 Å². The van der Waals surface area contributed by atoms with Crippen molar-refractivity contribution in [3.63, 3.8) is 0 Å². The third kappa shape index (κ3) is 6.61. The van der Waals surface area contributed by atoms with Crippen molar-refractivity contribution in [3.8, 4) is 5.75 Å². The summed E-state index contributed by atoms with van der Waals surface area (Å²) in [5.74, 6) is -2.21. The Morgan fingerprint density at radius 1 is 1.23 bits per heavy atom. The summed E-state index contributed by atoms with van der Waals surface area (Å²) in [5.41, 5.74) is -0.854. The minimum Gasteiger partial charge on any atom is -0.484 e. The lowest BCUT2D eigenvalue weighted by Crippen LogP contribution is -2.48. The van der Waals surface area contributed by atoms with Crippen LogP contribution in [0.5, 0.6) is 5.75 Å². The second-order valence-electron chi connectivity index (χ2n) is 5.40. The average molecular weight is 376 g/mol. The number of carbonyl (C=O) groups is 3. The van der Waals surface area contributed by atoms with Gasteiger partial charge < -0.3 is 20.1 Å². The first-order valence-electron chi connectivity index (χ1n) is 7.59. The monoisotopic (exact) mass is 376 g/mol. The van der Waals surface area contributed by atoms with Gasteiger partial charge in [-0.25, -0.2) is 4.79 Å². The molecule has 0 aliphatic rings. The number of hydrogen-bond donors (Lipinski definition) is 2. The van der Waals surface area contributed by atoms with E-state index in [4.69, 9.17) is 9.84 Å². The fourth-order valence-electron chi connectivity index (χ4n) is 1.99. The molecule has 0 fully saturated rings. The molecule has 144 valence electrons. The summed E-state index contributed by atoms with van der Waals surface area (Å²) in [5, 5.41) is 11.5. The summed E-state index contributed by atoms with van der Waals surface area (Å²) >= 11 is 0. The van der Waals surface area contributed by atoms with Gasteiger partial charge in [0.15, 0.2) is 6.61 Å². The maximum atomic E-state index is 12.5. The normalized spacial score (nSPS) is 12.2. The van der Waals surface area contributed by atoms with Gasteiger partial charge in [0.1, 0.15) is 11.8 Å². The number of aliphatic carboxylic acids is 1. The van der Waals surface area contributed by atoms with Crippen molar-refractivity contribution in [1.82, 2.24) is 10.2 Å². The van der Waals surface area contributed by atoms with Crippen LogP contribution < -0.4 is 10.1 Å². The van der Waals surface area contributed by atoms with Crippen LogP contribution in [0.1, 0.15) is 19.4 Å². The topological polar surface area (TPSA) is 95.9 Å². The van der Waals surface area contributed by atoms with Gasteiger partial charge in [0.05, 0.1) is 5.56 Å². The first-order valence-corrected chi connectivity index (χ1v) is 7.59. The van der Waals surface area contributed by atoms with Crippen molar-refractivity contribution < 1.29 is 37.4 Å². The summed E-state index contributed by atoms with van der Waals surface area (Å²) in [6, 6.07) is 2.60. The Kier molecular flexibility index (Phi) is 7.41. The number of amides is 2. The highest BCUT2D eigenvalue weighted by atomic mass is 19.4. The first-order chi connectivity index (χ1) is 12.0. The molecule has 0 heterocycles. The molecule has 26 heavy (non-hydrogen) atoms. The van der Waals surface area contributed by atoms with Gasteiger partial charge in [-0.2, -0.15) is 13.2 Å². The second-order valence-corrected chi connectivity index (χ2v) is 5.40. The number of alkyl halides is 3. The van der Waals surface area contributed by atoms with E-state index < -0.39 is 36.3 Å². The van der Waals surface area contributed by atoms with Crippen LogP contribution >= 0.6 is 0 Å². The molecule has 2 amide bonds. The Balaban J connectivity index is 2.70. The highest BCUT2D eigenvalue weighted by Gasteiger charge is 2.30. The predicted molar refractivity (Wildman–Crippen MR) is 84.4 cm³/mol. The van der Waals surface area contributed by atoms with Crippen LogP contribution in [0.15, 0.2) is 24.3 Å². The van der Waals surface area contributed by atoms with E-state index in [0.29, 0.717) is 0 Å². The zero-order valence-corrected chi connectivity index (χ0v) is 14.2. The molecular weight excluding hydrogens is 357 g/mol. The van der Waals surface area contributed by atoms with Crippen LogP contribution in [0.25, 0.3) is 0 Å². The van der Waals surface area contributed by atoms with E-state index in [1.165, 1.54) is 13.8 Å². The molecule has 0 aliphatic carbocycles. The second kappa shape index (κ2) is 9.07. The smallest absolute Gasteiger partial charge is 0.416 e. The molecule has 0 saturated heterocycles. The van der Waals surface area contributed by atoms with Gasteiger partial charge in [-0.15, -0.1) is 0 Å². The molecule has 7 nitrogen and oxygen atoms in total. The van der Waals surface area contributed by atoms with Crippen molar-refractivity contribution in [3.05, 3.63) is 29.8 Å². The van der Waals surface area contributed by atoms with Gasteiger partial charge in [-0.1, -0.05) is 0 Å². The molecule has 1 aromatic rings. The van der Waals surface area contributed by atoms with E-state index >= 15 is 0 Å². The maximum absolute atomic E-state index is 12.5. The predicted octanol–water partition coefficient (Wildman–Crippen LogP) is 1.52. The van der Waals surface area contributed by atoms with E-state index in [9.17, 15) is 27.6 Å². The fraction of sp³-hybridized carbons (Fsp3) is 0.438. The van der Waals surface area contributed by atoms with Crippen molar-refractivity contribution in [1.29, 1.82) is 0 Å². The fourth-order valence-corrected chi connectivity index (χ4v) is 1.99. The molecule has 0 bridgehead atoms. The number of nitrogens with zero attached hydrogens (tertiary/aromatic N) is 1. The van der Waals surface area contributed by atoms with Crippen LogP contribution in [-0.4, -0.2) is 53.5 Å². The molecule has 10 heteroatoms. The zero-order valence-electron chi connectivity index (χ0n) is 14.2. The van der Waals surface area contributed by atoms with E-state index in [-0.39, 0.29) is 24.7 Å². The SMILES string of the molecule is CC(=O)NCCN(C(=O)COc1ccc(C(F)(F)F)cc1)C(C)C(=O)O. The van der Waals surface area contributed by atoms with Crippen LogP contribution in [0.2, 0.25) is 0 Å². The lowest BCUT2D eigenvalue weighted by atomic mass is 10.2. The Hall–Kier alpha value is -2.78. The number of carboxylic acid groups (broad SMARTS) is 1. The van der Waals surface area contributed by atoms with Crippen LogP contribution in [-0.2, 0) is 20.6 Å². The number of carboxylic acids is 1. The molecule has 0 radical (unpaired) electrons. The molecular formula is C16H19F3N2O5. The summed E-state index contributed by atoms with van der Waals surface area (Å²) < 4.78 is 42.6. The third-order valence-electron chi connectivity index (χ3n) is 3.42. The molecule has 0 aromatic heterocycles. The highest BCUT2D eigenvalue weighted by Crippen LogP contribution is 2.30. The van der Waals surface area contributed by atoms with Crippen molar-refractivity contribution in [2.24, 2.45) is 0 Å². The van der Waals surface area contributed by atoms with E-state index in [0.717, 1.165) is 29.2 Å². The van der Waals surface area contributed by atoms with Crippen molar-refractivity contribution >= 4 is 17.8 Å². The van der Waals surface area contributed by atoms with Gasteiger partial charge >= 0.3 is 12.1 Å². The highest BCUT2D eigenvalue weighted by molar-refractivity contribution is 5.84. The van der Waals surface area contributed by atoms with E-state index in [1.54, 1.807) is 0 Å². The lowest BCUT2D eigenvalue weighted by molar-refractivity contribution is -0.150. The summed E-state index contributed by atoms with van der Waals surface area (Å²) in [4.78, 5) is 35.2. The quantitative estimate of drug-likeness (QED) is 0.717. The van der Waals surface area contributed by atoms with Gasteiger partial charge in [-0.05, 0) is 31.2 Å². The molecule has 2 N–H and O–H groups in total. The molecule has 0 saturated carbocycles. The summed E-state index contributed by atoms with van der Waals surface area (Å²) in [7, 11) is 0. The summed E-state index contributed by atoms with van der Waals surface area (Å²) in [6.07, 6.45) is -4.48. The number of nitrogens with one attached hydrogen (secondary N) is 1. The first kappa shape index (κ1) is 21.3. The summed E-state index contributed by atoms with van der Waals surface area (Å²) in [6.45, 7) is 2.02. The zero-order chi connectivity index (χ0) is 19.9. The standard InChI is InChI=1S/C16H19F3N2O5/c1-10(15(24)25)21(8-7-20-11(2)22)14(23)9-26-13-5-3-12(4-6-13)16(17,18)19/h3-6,10H,7-9H2,1-2H3,(H,20,22)(H,24,25). The molecule has 1 rings (SSSR count). The molecule has 0 spiro atoms. The Morgan fingerprint density at radius 3 is 2.27 bits per heavy atom. The molecule has 0 aliphatic heterocycles. The maximum Gasteiger partial charge on any atom is 0.416 e. The number of ether oxygens (including phenoxy) is 1. The minimum absolute atomic E-state index is 0.0381. The van der Waals surface area contributed by atoms with E-state index in [2.05, 4.69) is 5.32 Å². The largest absolute Gasteiger partial charge is 0.484 e. The van der Waals surface area contributed by atoms with E-state index in [1.807, 2.05) is 0 Å².